The van der Waals surface area contributed by atoms with Gasteiger partial charge >= 0.3 is 0 Å². The second-order valence-corrected chi connectivity index (χ2v) is 9.78. The number of sulfone groups is 1. The monoisotopic (exact) mass is 279 g/mol. The predicted molar refractivity (Wildman–Crippen MR) is 72.4 cm³/mol. The van der Waals surface area contributed by atoms with Crippen LogP contribution in [0.2, 0.25) is 0 Å². The molecule has 0 spiro atoms. The highest BCUT2D eigenvalue weighted by atomic mass is 32.2. The summed E-state index contributed by atoms with van der Waals surface area (Å²) in [4.78, 5) is 0. The molecule has 0 aromatic rings. The Morgan fingerprint density at radius 1 is 1.24 bits per heavy atom. The maximum absolute atomic E-state index is 11.8. The largest absolute Gasteiger partial charge is 0.234 e. The molecule has 1 atom stereocenters. The third kappa shape index (κ3) is 4.50. The van der Waals surface area contributed by atoms with Gasteiger partial charge in [0.1, 0.15) is 20.8 Å². The fourth-order valence-electron chi connectivity index (χ4n) is 1.70. The Labute approximate surface area is 106 Å². The van der Waals surface area contributed by atoms with Crippen molar-refractivity contribution < 1.29 is 12.6 Å². The highest BCUT2D eigenvalue weighted by Gasteiger charge is 2.27. The SMILES string of the molecule is CC(C)(C)S(=O)N=C1CCC(S(C)(=O)=O)CC1. The second kappa shape index (κ2) is 5.18. The van der Waals surface area contributed by atoms with E-state index in [1.54, 1.807) is 0 Å². The molecule has 6 heteroatoms. The van der Waals surface area contributed by atoms with Crippen molar-refractivity contribution in [3.63, 3.8) is 0 Å². The van der Waals surface area contributed by atoms with Gasteiger partial charge in [0.25, 0.3) is 0 Å². The van der Waals surface area contributed by atoms with E-state index in [2.05, 4.69) is 4.40 Å². The summed E-state index contributed by atoms with van der Waals surface area (Å²) >= 11 is 0. The van der Waals surface area contributed by atoms with E-state index in [1.165, 1.54) is 6.26 Å². The number of rotatable bonds is 2. The van der Waals surface area contributed by atoms with Crippen molar-refractivity contribution in [2.45, 2.75) is 56.5 Å². The number of hydrogen-bond donors (Lipinski definition) is 0. The van der Waals surface area contributed by atoms with Crippen LogP contribution in [0.1, 0.15) is 46.5 Å². The minimum atomic E-state index is -2.94. The molecule has 100 valence electrons. The molecule has 0 radical (unpaired) electrons. The molecule has 0 aliphatic heterocycles. The summed E-state index contributed by atoms with van der Waals surface area (Å²) in [6.07, 6.45) is 3.81. The molecule has 0 amide bonds. The lowest BCUT2D eigenvalue weighted by Gasteiger charge is -2.22. The summed E-state index contributed by atoms with van der Waals surface area (Å²) in [5, 5.41) is -0.246. The van der Waals surface area contributed by atoms with Crippen molar-refractivity contribution in [1.82, 2.24) is 0 Å². The molecule has 1 unspecified atom stereocenters. The van der Waals surface area contributed by atoms with Gasteiger partial charge in [0.05, 0.1) is 10.00 Å². The van der Waals surface area contributed by atoms with Crippen molar-refractivity contribution in [3.05, 3.63) is 0 Å². The normalized spacial score (nSPS) is 24.5. The third-order valence-electron chi connectivity index (χ3n) is 2.85. The lowest BCUT2D eigenvalue weighted by atomic mass is 9.98. The zero-order valence-corrected chi connectivity index (χ0v) is 12.5. The van der Waals surface area contributed by atoms with Crippen molar-refractivity contribution >= 4 is 26.5 Å². The maximum Gasteiger partial charge on any atom is 0.150 e. The highest BCUT2D eigenvalue weighted by molar-refractivity contribution is 7.91. The Kier molecular flexibility index (Phi) is 4.52. The summed E-state index contributed by atoms with van der Waals surface area (Å²) in [5.41, 5.74) is 0.901. The molecule has 1 aliphatic carbocycles. The van der Waals surface area contributed by atoms with Crippen LogP contribution in [0, 0.1) is 0 Å². The standard InChI is InChI=1S/C11H21NO3S2/c1-11(2,3)16(13)12-9-5-7-10(8-6-9)17(4,14)15/h10H,5-8H2,1-4H3. The summed E-state index contributed by atoms with van der Waals surface area (Å²) < 4.78 is 38.4. The highest BCUT2D eigenvalue weighted by Crippen LogP contribution is 2.23. The molecule has 4 nitrogen and oxygen atoms in total. The van der Waals surface area contributed by atoms with Crippen LogP contribution < -0.4 is 0 Å². The van der Waals surface area contributed by atoms with E-state index in [-0.39, 0.29) is 10.00 Å². The van der Waals surface area contributed by atoms with Crippen LogP contribution in [0.3, 0.4) is 0 Å². The average molecular weight is 279 g/mol. The molecule has 1 fully saturated rings. The molecule has 0 N–H and O–H groups in total. The van der Waals surface area contributed by atoms with Crippen LogP contribution in [-0.2, 0) is 20.8 Å². The quantitative estimate of drug-likeness (QED) is 0.775. The van der Waals surface area contributed by atoms with Crippen molar-refractivity contribution in [2.24, 2.45) is 4.40 Å². The summed E-state index contributed by atoms with van der Waals surface area (Å²) in [7, 11) is -4.17. The molecular weight excluding hydrogens is 258 g/mol. The zero-order valence-electron chi connectivity index (χ0n) is 10.9. The fourth-order valence-corrected chi connectivity index (χ4v) is 3.48. The number of hydrogen-bond acceptors (Lipinski definition) is 3. The lowest BCUT2D eigenvalue weighted by Crippen LogP contribution is -2.27. The van der Waals surface area contributed by atoms with Crippen LogP contribution in [0.25, 0.3) is 0 Å². The van der Waals surface area contributed by atoms with E-state index in [9.17, 15) is 12.6 Å². The number of nitrogens with zero attached hydrogens (tertiary/aromatic N) is 1. The van der Waals surface area contributed by atoms with E-state index in [0.717, 1.165) is 5.71 Å². The average Bonchev–Trinajstić information content (AvgIpc) is 2.15. The van der Waals surface area contributed by atoms with Gasteiger partial charge in [-0.3, -0.25) is 0 Å². The van der Waals surface area contributed by atoms with Gasteiger partial charge in [-0.15, -0.1) is 0 Å². The van der Waals surface area contributed by atoms with Crippen LogP contribution >= 0.6 is 0 Å². The van der Waals surface area contributed by atoms with Gasteiger partial charge in [0.15, 0.2) is 0 Å². The van der Waals surface area contributed by atoms with Gasteiger partial charge in [-0.05, 0) is 46.5 Å². The van der Waals surface area contributed by atoms with E-state index in [4.69, 9.17) is 0 Å². The smallest absolute Gasteiger partial charge is 0.150 e. The van der Waals surface area contributed by atoms with Gasteiger partial charge < -0.3 is 0 Å². The zero-order chi connectivity index (χ0) is 13.3. The first-order valence-corrected chi connectivity index (χ1v) is 8.84. The van der Waals surface area contributed by atoms with Gasteiger partial charge in [0.2, 0.25) is 0 Å². The molecule has 0 heterocycles. The minimum Gasteiger partial charge on any atom is -0.234 e. The van der Waals surface area contributed by atoms with Crippen LogP contribution in [0.4, 0.5) is 0 Å². The van der Waals surface area contributed by atoms with E-state index < -0.39 is 20.8 Å². The summed E-state index contributed by atoms with van der Waals surface area (Å²) in [6, 6.07) is 0. The van der Waals surface area contributed by atoms with Gasteiger partial charge in [-0.25, -0.2) is 12.6 Å². The molecule has 0 saturated heterocycles. The van der Waals surface area contributed by atoms with Crippen molar-refractivity contribution in [2.75, 3.05) is 6.26 Å². The Hall–Kier alpha value is -0.230. The first-order chi connectivity index (χ1) is 7.60. The molecule has 0 bridgehead atoms. The third-order valence-corrected chi connectivity index (χ3v) is 6.01. The maximum atomic E-state index is 11.8. The van der Waals surface area contributed by atoms with Crippen LogP contribution in [0.5, 0.6) is 0 Å². The Morgan fingerprint density at radius 3 is 2.06 bits per heavy atom. The van der Waals surface area contributed by atoms with Crippen molar-refractivity contribution in [1.29, 1.82) is 0 Å². The van der Waals surface area contributed by atoms with Gasteiger partial charge in [-0.1, -0.05) is 0 Å². The Bertz CT molecular complexity index is 422. The minimum absolute atomic E-state index is 0.246. The molecular formula is C11H21NO3S2. The summed E-state index contributed by atoms with van der Waals surface area (Å²) in [6.45, 7) is 5.65. The van der Waals surface area contributed by atoms with Crippen LogP contribution in [-0.4, -0.2) is 34.6 Å². The van der Waals surface area contributed by atoms with E-state index in [0.29, 0.717) is 25.7 Å². The molecule has 1 saturated carbocycles. The fraction of sp³-hybridized carbons (Fsp3) is 0.909. The Morgan fingerprint density at radius 2 is 1.71 bits per heavy atom. The molecule has 17 heavy (non-hydrogen) atoms. The molecule has 1 aliphatic rings. The summed E-state index contributed by atoms with van der Waals surface area (Å²) in [5.74, 6) is 0. The first-order valence-electron chi connectivity index (χ1n) is 5.78. The second-order valence-electron chi connectivity index (χ2n) is 5.55. The van der Waals surface area contributed by atoms with Gasteiger partial charge in [-0.2, -0.15) is 4.40 Å². The lowest BCUT2D eigenvalue weighted by molar-refractivity contribution is 0.562. The molecule has 1 rings (SSSR count). The first kappa shape index (κ1) is 14.8. The predicted octanol–water partition coefficient (Wildman–Crippen LogP) is 1.88. The van der Waals surface area contributed by atoms with E-state index in [1.807, 2.05) is 20.8 Å². The van der Waals surface area contributed by atoms with Crippen molar-refractivity contribution in [3.8, 4) is 0 Å². The molecule has 0 aromatic heterocycles. The molecule has 0 aromatic carbocycles. The van der Waals surface area contributed by atoms with Gasteiger partial charge in [0, 0.05) is 12.0 Å². The van der Waals surface area contributed by atoms with E-state index >= 15 is 0 Å². The van der Waals surface area contributed by atoms with Crippen LogP contribution in [0.15, 0.2) is 4.40 Å². The Balaban J connectivity index is 2.65. The topological polar surface area (TPSA) is 63.6 Å².